The van der Waals surface area contributed by atoms with Gasteiger partial charge in [0.25, 0.3) is 0 Å². The fourth-order valence-corrected chi connectivity index (χ4v) is 1.48. The van der Waals surface area contributed by atoms with Crippen molar-refractivity contribution in [3.63, 3.8) is 0 Å². The molecule has 0 fully saturated rings. The van der Waals surface area contributed by atoms with E-state index in [1.54, 1.807) is 18.2 Å². The average molecular weight is 289 g/mol. The SMILES string of the molecule is CC(C)COC(=O)/C=C/Oc1ccc(Cl)cc1Cl. The maximum absolute atomic E-state index is 11.2. The number of benzene rings is 1. The van der Waals surface area contributed by atoms with Crippen LogP contribution in [0.2, 0.25) is 10.0 Å². The molecule has 5 heteroatoms. The fourth-order valence-electron chi connectivity index (χ4n) is 1.03. The number of ether oxygens (including phenoxy) is 2. The van der Waals surface area contributed by atoms with Crippen LogP contribution in [-0.2, 0) is 9.53 Å². The second-order valence-electron chi connectivity index (χ2n) is 4.02. The Morgan fingerprint density at radius 3 is 2.72 bits per heavy atom. The molecule has 3 nitrogen and oxygen atoms in total. The molecule has 98 valence electrons. The first-order chi connectivity index (χ1) is 8.49. The normalized spacial score (nSPS) is 10.9. The Bertz CT molecular complexity index is 442. The van der Waals surface area contributed by atoms with Crippen molar-refractivity contribution < 1.29 is 14.3 Å². The summed E-state index contributed by atoms with van der Waals surface area (Å²) in [5, 5.41) is 0.898. The molecular weight excluding hydrogens is 275 g/mol. The van der Waals surface area contributed by atoms with Gasteiger partial charge >= 0.3 is 5.97 Å². The van der Waals surface area contributed by atoms with E-state index in [1.807, 2.05) is 13.8 Å². The van der Waals surface area contributed by atoms with E-state index in [-0.39, 0.29) is 0 Å². The topological polar surface area (TPSA) is 35.5 Å². The molecule has 0 aromatic heterocycles. The lowest BCUT2D eigenvalue weighted by Crippen LogP contribution is -2.07. The van der Waals surface area contributed by atoms with Gasteiger partial charge in [0.15, 0.2) is 0 Å². The lowest BCUT2D eigenvalue weighted by molar-refractivity contribution is -0.138. The lowest BCUT2D eigenvalue weighted by Gasteiger charge is -2.05. The van der Waals surface area contributed by atoms with Crippen LogP contribution < -0.4 is 4.74 Å². The van der Waals surface area contributed by atoms with Crippen molar-refractivity contribution in [2.24, 2.45) is 5.92 Å². The highest BCUT2D eigenvalue weighted by Gasteiger charge is 2.02. The molecule has 0 aliphatic rings. The Kier molecular flexibility index (Phi) is 6.02. The van der Waals surface area contributed by atoms with E-state index in [0.717, 1.165) is 0 Å². The van der Waals surface area contributed by atoms with Crippen LogP contribution in [0.5, 0.6) is 5.75 Å². The quantitative estimate of drug-likeness (QED) is 0.465. The van der Waals surface area contributed by atoms with Crippen LogP contribution in [0.15, 0.2) is 30.5 Å². The van der Waals surface area contributed by atoms with Crippen LogP contribution in [0.25, 0.3) is 0 Å². The molecule has 0 aliphatic carbocycles. The molecule has 0 amide bonds. The third-order valence-electron chi connectivity index (χ3n) is 1.85. The van der Waals surface area contributed by atoms with Crippen LogP contribution in [-0.4, -0.2) is 12.6 Å². The molecular formula is C13H14Cl2O3. The summed E-state index contributed by atoms with van der Waals surface area (Å²) in [6, 6.07) is 4.82. The molecule has 0 atom stereocenters. The fraction of sp³-hybridized carbons (Fsp3) is 0.308. The predicted molar refractivity (Wildman–Crippen MR) is 72.0 cm³/mol. The highest BCUT2D eigenvalue weighted by atomic mass is 35.5. The highest BCUT2D eigenvalue weighted by Crippen LogP contribution is 2.27. The molecule has 0 radical (unpaired) electrons. The second-order valence-corrected chi connectivity index (χ2v) is 4.86. The maximum Gasteiger partial charge on any atom is 0.333 e. The summed E-state index contributed by atoms with van der Waals surface area (Å²) < 4.78 is 10.1. The van der Waals surface area contributed by atoms with E-state index in [1.165, 1.54) is 12.3 Å². The molecule has 1 rings (SSSR count). The zero-order valence-corrected chi connectivity index (χ0v) is 11.7. The second kappa shape index (κ2) is 7.29. The van der Waals surface area contributed by atoms with Gasteiger partial charge in [-0.2, -0.15) is 0 Å². The summed E-state index contributed by atoms with van der Waals surface area (Å²) in [5.74, 6) is 0.275. The molecule has 0 unspecified atom stereocenters. The first kappa shape index (κ1) is 14.9. The van der Waals surface area contributed by atoms with Crippen molar-refractivity contribution in [2.75, 3.05) is 6.61 Å². The summed E-state index contributed by atoms with van der Waals surface area (Å²) >= 11 is 11.6. The summed E-state index contributed by atoms with van der Waals surface area (Å²) in [6.45, 7) is 4.30. The van der Waals surface area contributed by atoms with Gasteiger partial charge in [-0.3, -0.25) is 0 Å². The number of esters is 1. The third-order valence-corrected chi connectivity index (χ3v) is 2.38. The standard InChI is InChI=1S/C13H14Cl2O3/c1-9(2)8-18-13(16)5-6-17-12-4-3-10(14)7-11(12)15/h3-7,9H,8H2,1-2H3/b6-5+. The van der Waals surface area contributed by atoms with E-state index < -0.39 is 5.97 Å². The van der Waals surface area contributed by atoms with E-state index in [0.29, 0.717) is 28.3 Å². The molecule has 0 saturated carbocycles. The van der Waals surface area contributed by atoms with Crippen LogP contribution in [0.3, 0.4) is 0 Å². The first-order valence-electron chi connectivity index (χ1n) is 5.44. The number of hydrogen-bond donors (Lipinski definition) is 0. The van der Waals surface area contributed by atoms with Gasteiger partial charge in [-0.1, -0.05) is 37.0 Å². The smallest absolute Gasteiger partial charge is 0.333 e. The van der Waals surface area contributed by atoms with Crippen LogP contribution >= 0.6 is 23.2 Å². The van der Waals surface area contributed by atoms with Gasteiger partial charge in [-0.05, 0) is 24.1 Å². The Morgan fingerprint density at radius 1 is 1.39 bits per heavy atom. The molecule has 1 aromatic carbocycles. The van der Waals surface area contributed by atoms with Crippen LogP contribution in [0.4, 0.5) is 0 Å². The van der Waals surface area contributed by atoms with Gasteiger partial charge in [0, 0.05) is 5.02 Å². The Hall–Kier alpha value is -1.19. The molecule has 0 bridgehead atoms. The number of carbonyl (C=O) groups excluding carboxylic acids is 1. The van der Waals surface area contributed by atoms with E-state index >= 15 is 0 Å². The molecule has 1 aromatic rings. The Morgan fingerprint density at radius 2 is 2.11 bits per heavy atom. The number of carbonyl (C=O) groups is 1. The number of halogens is 2. The minimum absolute atomic E-state index is 0.300. The van der Waals surface area contributed by atoms with E-state index in [4.69, 9.17) is 32.7 Å². The Labute approximate surface area is 116 Å². The van der Waals surface area contributed by atoms with Crippen molar-refractivity contribution in [3.8, 4) is 5.75 Å². The Balaban J connectivity index is 2.46. The summed E-state index contributed by atoms with van der Waals surface area (Å²) in [4.78, 5) is 11.2. The predicted octanol–water partition coefficient (Wildman–Crippen LogP) is 4.09. The minimum atomic E-state index is -0.450. The maximum atomic E-state index is 11.2. The average Bonchev–Trinajstić information content (AvgIpc) is 2.29. The van der Waals surface area contributed by atoms with Gasteiger partial charge in [0.2, 0.25) is 0 Å². The van der Waals surface area contributed by atoms with Crippen LogP contribution in [0, 0.1) is 5.92 Å². The number of rotatable bonds is 5. The lowest BCUT2D eigenvalue weighted by atomic mass is 10.2. The van der Waals surface area contributed by atoms with Gasteiger partial charge in [0.1, 0.15) is 5.75 Å². The van der Waals surface area contributed by atoms with Crippen LogP contribution in [0.1, 0.15) is 13.8 Å². The van der Waals surface area contributed by atoms with E-state index in [9.17, 15) is 4.79 Å². The first-order valence-corrected chi connectivity index (χ1v) is 6.19. The van der Waals surface area contributed by atoms with Crippen molar-refractivity contribution in [1.82, 2.24) is 0 Å². The zero-order valence-electron chi connectivity index (χ0n) is 10.2. The largest absolute Gasteiger partial charge is 0.463 e. The number of hydrogen-bond acceptors (Lipinski definition) is 3. The molecule has 0 spiro atoms. The molecule has 18 heavy (non-hydrogen) atoms. The van der Waals surface area contributed by atoms with Crippen molar-refractivity contribution in [1.29, 1.82) is 0 Å². The van der Waals surface area contributed by atoms with Gasteiger partial charge in [0.05, 0.1) is 24.0 Å². The van der Waals surface area contributed by atoms with Crippen molar-refractivity contribution in [3.05, 3.63) is 40.6 Å². The highest BCUT2D eigenvalue weighted by molar-refractivity contribution is 6.35. The van der Waals surface area contributed by atoms with Crippen molar-refractivity contribution >= 4 is 29.2 Å². The molecule has 0 N–H and O–H groups in total. The summed E-state index contributed by atoms with van der Waals surface area (Å²) in [6.07, 6.45) is 2.44. The monoisotopic (exact) mass is 288 g/mol. The van der Waals surface area contributed by atoms with Gasteiger partial charge in [-0.25, -0.2) is 4.79 Å². The molecule has 0 aliphatic heterocycles. The molecule has 0 saturated heterocycles. The van der Waals surface area contributed by atoms with Gasteiger partial charge < -0.3 is 9.47 Å². The van der Waals surface area contributed by atoms with Crippen molar-refractivity contribution in [2.45, 2.75) is 13.8 Å². The zero-order chi connectivity index (χ0) is 13.5. The minimum Gasteiger partial charge on any atom is -0.463 e. The van der Waals surface area contributed by atoms with E-state index in [2.05, 4.69) is 0 Å². The third kappa shape index (κ3) is 5.43. The van der Waals surface area contributed by atoms with Gasteiger partial charge in [-0.15, -0.1) is 0 Å². The summed E-state index contributed by atoms with van der Waals surface area (Å²) in [7, 11) is 0. The molecule has 0 heterocycles. The summed E-state index contributed by atoms with van der Waals surface area (Å²) in [5.41, 5.74) is 0.